The van der Waals surface area contributed by atoms with Crippen molar-refractivity contribution in [3.8, 4) is 10.7 Å². The topological polar surface area (TPSA) is 58.0 Å². The summed E-state index contributed by atoms with van der Waals surface area (Å²) in [5.41, 5.74) is 1.89. The first kappa shape index (κ1) is 13.1. The van der Waals surface area contributed by atoms with E-state index in [4.69, 9.17) is 0 Å². The molecule has 2 aromatic heterocycles. The standard InChI is InChI=1S/C13H17N3OS/c1-2-11(17)8-14-7-10-9-18-13(16-10)12-5-3-4-6-15-12/h3-6,9,11,14,17H,2,7-8H2,1H3. The molecular formula is C13H17N3OS. The van der Waals surface area contributed by atoms with Crippen LogP contribution >= 0.6 is 11.3 Å². The maximum atomic E-state index is 9.43. The Bertz CT molecular complexity index is 472. The van der Waals surface area contributed by atoms with Gasteiger partial charge in [0.15, 0.2) is 0 Å². The summed E-state index contributed by atoms with van der Waals surface area (Å²) >= 11 is 1.59. The van der Waals surface area contributed by atoms with Crippen LogP contribution in [0.3, 0.4) is 0 Å². The van der Waals surface area contributed by atoms with Gasteiger partial charge in [-0.1, -0.05) is 13.0 Å². The van der Waals surface area contributed by atoms with Gasteiger partial charge in [0.25, 0.3) is 0 Å². The van der Waals surface area contributed by atoms with E-state index in [1.165, 1.54) is 0 Å². The Kier molecular flexibility index (Phi) is 4.81. The fourth-order valence-corrected chi connectivity index (χ4v) is 2.30. The molecule has 5 heteroatoms. The third-order valence-electron chi connectivity index (χ3n) is 2.59. The van der Waals surface area contributed by atoms with E-state index in [9.17, 15) is 5.11 Å². The first-order valence-electron chi connectivity index (χ1n) is 6.04. The van der Waals surface area contributed by atoms with E-state index in [-0.39, 0.29) is 6.10 Å². The van der Waals surface area contributed by atoms with Gasteiger partial charge in [-0.05, 0) is 18.6 Å². The lowest BCUT2D eigenvalue weighted by atomic mass is 10.3. The van der Waals surface area contributed by atoms with Crippen LogP contribution in [0.2, 0.25) is 0 Å². The third-order valence-corrected chi connectivity index (χ3v) is 3.51. The Hall–Kier alpha value is -1.30. The minimum atomic E-state index is -0.279. The van der Waals surface area contributed by atoms with Crippen molar-refractivity contribution in [2.45, 2.75) is 26.0 Å². The van der Waals surface area contributed by atoms with Gasteiger partial charge in [0.05, 0.1) is 17.5 Å². The summed E-state index contributed by atoms with van der Waals surface area (Å²) < 4.78 is 0. The molecule has 18 heavy (non-hydrogen) atoms. The predicted octanol–water partition coefficient (Wildman–Crippen LogP) is 2.07. The lowest BCUT2D eigenvalue weighted by molar-refractivity contribution is 0.167. The van der Waals surface area contributed by atoms with Crippen molar-refractivity contribution in [1.82, 2.24) is 15.3 Å². The molecule has 0 bridgehead atoms. The van der Waals surface area contributed by atoms with Gasteiger partial charge in [-0.25, -0.2) is 4.98 Å². The van der Waals surface area contributed by atoms with Crippen molar-refractivity contribution >= 4 is 11.3 Å². The molecule has 4 nitrogen and oxygen atoms in total. The van der Waals surface area contributed by atoms with E-state index in [0.29, 0.717) is 13.1 Å². The van der Waals surface area contributed by atoms with E-state index >= 15 is 0 Å². The molecule has 0 aliphatic heterocycles. The zero-order chi connectivity index (χ0) is 12.8. The number of pyridine rings is 1. The number of thiazole rings is 1. The molecule has 2 rings (SSSR count). The van der Waals surface area contributed by atoms with Crippen molar-refractivity contribution in [2.75, 3.05) is 6.54 Å². The third kappa shape index (κ3) is 3.60. The van der Waals surface area contributed by atoms with Gasteiger partial charge in [0.2, 0.25) is 0 Å². The van der Waals surface area contributed by atoms with Crippen LogP contribution in [0, 0.1) is 0 Å². The van der Waals surface area contributed by atoms with Crippen LogP contribution in [0.1, 0.15) is 19.0 Å². The number of aliphatic hydroxyl groups is 1. The van der Waals surface area contributed by atoms with Crippen molar-refractivity contribution in [3.05, 3.63) is 35.5 Å². The van der Waals surface area contributed by atoms with Gasteiger partial charge >= 0.3 is 0 Å². The molecule has 2 aromatic rings. The highest BCUT2D eigenvalue weighted by atomic mass is 32.1. The molecule has 0 amide bonds. The Balaban J connectivity index is 1.91. The zero-order valence-electron chi connectivity index (χ0n) is 10.3. The maximum absolute atomic E-state index is 9.43. The number of rotatable bonds is 6. The maximum Gasteiger partial charge on any atom is 0.142 e. The largest absolute Gasteiger partial charge is 0.392 e. The summed E-state index contributed by atoms with van der Waals surface area (Å²) in [5, 5.41) is 15.6. The van der Waals surface area contributed by atoms with Gasteiger partial charge < -0.3 is 10.4 Å². The summed E-state index contributed by atoms with van der Waals surface area (Å²) in [6.45, 7) is 3.25. The summed E-state index contributed by atoms with van der Waals surface area (Å²) in [4.78, 5) is 8.79. The van der Waals surface area contributed by atoms with Crippen molar-refractivity contribution in [3.63, 3.8) is 0 Å². The lowest BCUT2D eigenvalue weighted by Gasteiger charge is -2.07. The van der Waals surface area contributed by atoms with Crippen molar-refractivity contribution in [2.24, 2.45) is 0 Å². The minimum Gasteiger partial charge on any atom is -0.392 e. The molecule has 0 aliphatic carbocycles. The molecule has 1 unspecified atom stereocenters. The SMILES string of the molecule is CCC(O)CNCc1csc(-c2ccccn2)n1. The second-order valence-corrected chi connectivity index (χ2v) is 4.91. The van der Waals surface area contributed by atoms with E-state index in [1.807, 2.05) is 30.5 Å². The second-order valence-electron chi connectivity index (χ2n) is 4.05. The quantitative estimate of drug-likeness (QED) is 0.837. The molecule has 1 atom stereocenters. The monoisotopic (exact) mass is 263 g/mol. The summed E-state index contributed by atoms with van der Waals surface area (Å²) in [5.74, 6) is 0. The Morgan fingerprint density at radius 3 is 3.06 bits per heavy atom. The highest BCUT2D eigenvalue weighted by Crippen LogP contribution is 2.21. The first-order chi connectivity index (χ1) is 8.79. The summed E-state index contributed by atoms with van der Waals surface area (Å²) in [7, 11) is 0. The number of nitrogens with zero attached hydrogens (tertiary/aromatic N) is 2. The molecule has 96 valence electrons. The van der Waals surface area contributed by atoms with Crippen molar-refractivity contribution < 1.29 is 5.11 Å². The van der Waals surface area contributed by atoms with Crippen LogP contribution in [0.5, 0.6) is 0 Å². The average molecular weight is 263 g/mol. The van der Waals surface area contributed by atoms with Gasteiger partial charge in [-0.2, -0.15) is 0 Å². The highest BCUT2D eigenvalue weighted by Gasteiger charge is 2.06. The fourth-order valence-electron chi connectivity index (χ4n) is 1.51. The van der Waals surface area contributed by atoms with Crippen molar-refractivity contribution in [1.29, 1.82) is 0 Å². The summed E-state index contributed by atoms with van der Waals surface area (Å²) in [6.07, 6.45) is 2.26. The Morgan fingerprint density at radius 2 is 2.33 bits per heavy atom. The second kappa shape index (κ2) is 6.58. The number of hydrogen-bond acceptors (Lipinski definition) is 5. The Morgan fingerprint density at radius 1 is 1.44 bits per heavy atom. The normalized spacial score (nSPS) is 12.6. The van der Waals surface area contributed by atoms with E-state index in [1.54, 1.807) is 17.5 Å². The van der Waals surface area contributed by atoms with Gasteiger partial charge in [-0.3, -0.25) is 4.98 Å². The number of nitrogens with one attached hydrogen (secondary N) is 1. The molecule has 0 spiro atoms. The predicted molar refractivity (Wildman–Crippen MR) is 73.3 cm³/mol. The number of hydrogen-bond donors (Lipinski definition) is 2. The van der Waals surface area contributed by atoms with Gasteiger partial charge in [-0.15, -0.1) is 11.3 Å². The van der Waals surface area contributed by atoms with Crippen LogP contribution in [0.4, 0.5) is 0 Å². The average Bonchev–Trinajstić information content (AvgIpc) is 2.88. The number of aliphatic hydroxyl groups excluding tert-OH is 1. The Labute approximate surface area is 111 Å². The molecule has 2 N–H and O–H groups in total. The fraction of sp³-hybridized carbons (Fsp3) is 0.385. The highest BCUT2D eigenvalue weighted by molar-refractivity contribution is 7.13. The first-order valence-corrected chi connectivity index (χ1v) is 6.92. The summed E-state index contributed by atoms with van der Waals surface area (Å²) in [6, 6.07) is 5.81. The van der Waals surface area contributed by atoms with Gasteiger partial charge in [0.1, 0.15) is 5.01 Å². The molecule has 2 heterocycles. The lowest BCUT2D eigenvalue weighted by Crippen LogP contribution is -2.25. The van der Waals surface area contributed by atoms with Crippen LogP contribution in [-0.2, 0) is 6.54 Å². The zero-order valence-corrected chi connectivity index (χ0v) is 11.2. The number of aromatic nitrogens is 2. The molecule has 0 saturated heterocycles. The van der Waals surface area contributed by atoms with Gasteiger partial charge in [0, 0.05) is 24.7 Å². The minimum absolute atomic E-state index is 0.279. The molecule has 0 fully saturated rings. The van der Waals surface area contributed by atoms with E-state index in [2.05, 4.69) is 15.3 Å². The molecule has 0 aliphatic rings. The molecule has 0 radical (unpaired) electrons. The van der Waals surface area contributed by atoms with E-state index < -0.39 is 0 Å². The van der Waals surface area contributed by atoms with Crippen LogP contribution in [-0.4, -0.2) is 27.7 Å². The molecule has 0 aromatic carbocycles. The van der Waals surface area contributed by atoms with Crippen LogP contribution < -0.4 is 5.32 Å². The van der Waals surface area contributed by atoms with Crippen LogP contribution in [0.15, 0.2) is 29.8 Å². The molecule has 0 saturated carbocycles. The van der Waals surface area contributed by atoms with Crippen LogP contribution in [0.25, 0.3) is 10.7 Å². The smallest absolute Gasteiger partial charge is 0.142 e. The van der Waals surface area contributed by atoms with E-state index in [0.717, 1.165) is 22.8 Å². The molecular weight excluding hydrogens is 246 g/mol.